The topological polar surface area (TPSA) is 44.7 Å². The first kappa shape index (κ1) is 19.8. The summed E-state index contributed by atoms with van der Waals surface area (Å²) in [7, 11) is 0. The van der Waals surface area contributed by atoms with E-state index in [-0.39, 0.29) is 23.8 Å². The first-order valence-electron chi connectivity index (χ1n) is 10.6. The summed E-state index contributed by atoms with van der Waals surface area (Å²) >= 11 is 0. The van der Waals surface area contributed by atoms with Crippen LogP contribution in [0.5, 0.6) is 0 Å². The molecule has 4 nitrogen and oxygen atoms in total. The Morgan fingerprint density at radius 3 is 2.63 bits per heavy atom. The van der Waals surface area contributed by atoms with E-state index >= 15 is 0 Å². The van der Waals surface area contributed by atoms with Gasteiger partial charge < -0.3 is 5.32 Å². The Kier molecular flexibility index (Phi) is 7.25. The third kappa shape index (κ3) is 5.30. The third-order valence-electron chi connectivity index (χ3n) is 5.70. The largest absolute Gasteiger partial charge is 0.348 e. The normalized spacial score (nSPS) is 21.0. The van der Waals surface area contributed by atoms with Gasteiger partial charge in [-0.05, 0) is 25.3 Å². The van der Waals surface area contributed by atoms with E-state index in [0.29, 0.717) is 17.7 Å². The van der Waals surface area contributed by atoms with Crippen LogP contribution in [0.4, 0.5) is 4.39 Å². The molecule has 27 heavy (non-hydrogen) atoms. The standard InChI is InChI=1S/C22H32FN3O/c1-2-3-10-15-26-21(18-13-8-9-14-19(18)23)16-20(25-26)22(27)24-17-11-6-4-5-7-12-17/h8-9,13-14,17,21H,2-7,10-12,15-16H2,1H3,(H,24,27). The van der Waals surface area contributed by atoms with Gasteiger partial charge in [-0.25, -0.2) is 4.39 Å². The van der Waals surface area contributed by atoms with E-state index in [4.69, 9.17) is 0 Å². The summed E-state index contributed by atoms with van der Waals surface area (Å²) in [6, 6.07) is 6.93. The van der Waals surface area contributed by atoms with Crippen molar-refractivity contribution in [3.8, 4) is 0 Å². The van der Waals surface area contributed by atoms with Crippen molar-refractivity contribution in [2.45, 2.75) is 83.2 Å². The predicted molar refractivity (Wildman–Crippen MR) is 107 cm³/mol. The monoisotopic (exact) mass is 373 g/mol. The van der Waals surface area contributed by atoms with Gasteiger partial charge in [0.15, 0.2) is 0 Å². The number of carbonyl (C=O) groups excluding carboxylic acids is 1. The molecule has 3 rings (SSSR count). The molecule has 1 saturated carbocycles. The van der Waals surface area contributed by atoms with Gasteiger partial charge in [0.05, 0.1) is 6.04 Å². The molecule has 0 spiro atoms. The summed E-state index contributed by atoms with van der Waals surface area (Å²) in [5, 5.41) is 9.73. The maximum Gasteiger partial charge on any atom is 0.267 e. The van der Waals surface area contributed by atoms with Gasteiger partial charge in [-0.1, -0.05) is 63.6 Å². The highest BCUT2D eigenvalue weighted by molar-refractivity contribution is 6.39. The number of halogens is 1. The van der Waals surface area contributed by atoms with Crippen LogP contribution in [-0.2, 0) is 4.79 Å². The van der Waals surface area contributed by atoms with Crippen molar-refractivity contribution in [2.24, 2.45) is 5.10 Å². The highest BCUT2D eigenvalue weighted by atomic mass is 19.1. The number of unbranched alkanes of at least 4 members (excludes halogenated alkanes) is 2. The van der Waals surface area contributed by atoms with Gasteiger partial charge in [-0.3, -0.25) is 9.80 Å². The molecular weight excluding hydrogens is 341 g/mol. The zero-order valence-corrected chi connectivity index (χ0v) is 16.4. The molecule has 1 amide bonds. The van der Waals surface area contributed by atoms with Crippen molar-refractivity contribution < 1.29 is 9.18 Å². The molecule has 0 radical (unpaired) electrons. The Morgan fingerprint density at radius 1 is 1.19 bits per heavy atom. The van der Waals surface area contributed by atoms with E-state index in [0.717, 1.165) is 38.6 Å². The maximum absolute atomic E-state index is 14.4. The molecule has 1 aromatic rings. The highest BCUT2D eigenvalue weighted by Crippen LogP contribution is 2.32. The molecule has 1 unspecified atom stereocenters. The Hall–Kier alpha value is -1.91. The second kappa shape index (κ2) is 9.86. The quantitative estimate of drug-likeness (QED) is 0.542. The fourth-order valence-corrected chi connectivity index (χ4v) is 4.13. The number of nitrogens with zero attached hydrogens (tertiary/aromatic N) is 2. The van der Waals surface area contributed by atoms with Crippen LogP contribution in [-0.4, -0.2) is 29.2 Å². The Bertz CT molecular complexity index is 653. The predicted octanol–water partition coefficient (Wildman–Crippen LogP) is 4.96. The van der Waals surface area contributed by atoms with Crippen LogP contribution in [0.2, 0.25) is 0 Å². The second-order valence-corrected chi connectivity index (χ2v) is 7.82. The van der Waals surface area contributed by atoms with Crippen molar-refractivity contribution in [3.05, 3.63) is 35.6 Å². The fourth-order valence-electron chi connectivity index (χ4n) is 4.13. The van der Waals surface area contributed by atoms with Crippen LogP contribution >= 0.6 is 0 Å². The summed E-state index contributed by atoms with van der Waals surface area (Å²) in [4.78, 5) is 12.8. The summed E-state index contributed by atoms with van der Waals surface area (Å²) in [6.45, 7) is 2.92. The average Bonchev–Trinajstić information content (AvgIpc) is 2.91. The van der Waals surface area contributed by atoms with Gasteiger partial charge in [-0.15, -0.1) is 0 Å². The van der Waals surface area contributed by atoms with Crippen molar-refractivity contribution in [2.75, 3.05) is 6.54 Å². The molecule has 1 aliphatic carbocycles. The lowest BCUT2D eigenvalue weighted by atomic mass is 10.00. The zero-order valence-electron chi connectivity index (χ0n) is 16.4. The van der Waals surface area contributed by atoms with Gasteiger partial charge in [-0.2, -0.15) is 5.10 Å². The van der Waals surface area contributed by atoms with Crippen molar-refractivity contribution >= 4 is 11.6 Å². The van der Waals surface area contributed by atoms with E-state index in [1.54, 1.807) is 6.07 Å². The average molecular weight is 374 g/mol. The number of hydrazone groups is 1. The summed E-state index contributed by atoms with van der Waals surface area (Å²) in [5.74, 6) is -0.287. The molecular formula is C22H32FN3O. The molecule has 0 aromatic heterocycles. The van der Waals surface area contributed by atoms with Crippen LogP contribution in [0.25, 0.3) is 0 Å². The molecule has 5 heteroatoms. The lowest BCUT2D eigenvalue weighted by molar-refractivity contribution is -0.115. The third-order valence-corrected chi connectivity index (χ3v) is 5.70. The van der Waals surface area contributed by atoms with Gasteiger partial charge in [0.2, 0.25) is 0 Å². The molecule has 1 aromatic carbocycles. The van der Waals surface area contributed by atoms with E-state index in [9.17, 15) is 9.18 Å². The van der Waals surface area contributed by atoms with E-state index in [1.165, 1.54) is 31.7 Å². The number of amides is 1. The molecule has 2 aliphatic rings. The first-order valence-corrected chi connectivity index (χ1v) is 10.6. The number of hydrogen-bond donors (Lipinski definition) is 1. The van der Waals surface area contributed by atoms with E-state index in [1.807, 2.05) is 17.1 Å². The number of carbonyl (C=O) groups is 1. The number of nitrogens with one attached hydrogen (secondary N) is 1. The number of benzene rings is 1. The first-order chi connectivity index (χ1) is 13.2. The molecule has 148 valence electrons. The summed E-state index contributed by atoms with van der Waals surface area (Å²) in [6.07, 6.45) is 10.7. The minimum absolute atomic E-state index is 0.0683. The minimum atomic E-state index is -0.219. The smallest absolute Gasteiger partial charge is 0.267 e. The summed E-state index contributed by atoms with van der Waals surface area (Å²) in [5.41, 5.74) is 1.18. The van der Waals surface area contributed by atoms with E-state index in [2.05, 4.69) is 17.3 Å². The van der Waals surface area contributed by atoms with Gasteiger partial charge >= 0.3 is 0 Å². The van der Waals surface area contributed by atoms with Crippen LogP contribution < -0.4 is 5.32 Å². The second-order valence-electron chi connectivity index (χ2n) is 7.82. The lowest BCUT2D eigenvalue weighted by Crippen LogP contribution is -2.38. The van der Waals surface area contributed by atoms with Crippen LogP contribution in [0, 0.1) is 5.82 Å². The molecule has 0 saturated heterocycles. The van der Waals surface area contributed by atoms with Crippen molar-refractivity contribution in [1.29, 1.82) is 0 Å². The maximum atomic E-state index is 14.4. The van der Waals surface area contributed by atoms with Gasteiger partial charge in [0.25, 0.3) is 5.91 Å². The molecule has 1 aliphatic heterocycles. The van der Waals surface area contributed by atoms with Crippen molar-refractivity contribution in [1.82, 2.24) is 10.3 Å². The minimum Gasteiger partial charge on any atom is -0.348 e. The summed E-state index contributed by atoms with van der Waals surface area (Å²) < 4.78 is 14.4. The van der Waals surface area contributed by atoms with E-state index < -0.39 is 0 Å². The van der Waals surface area contributed by atoms with Crippen molar-refractivity contribution in [3.63, 3.8) is 0 Å². The molecule has 1 fully saturated rings. The Morgan fingerprint density at radius 2 is 1.93 bits per heavy atom. The fraction of sp³-hybridized carbons (Fsp3) is 0.636. The number of hydrogen-bond acceptors (Lipinski definition) is 3. The Labute approximate surface area is 162 Å². The highest BCUT2D eigenvalue weighted by Gasteiger charge is 2.33. The lowest BCUT2D eigenvalue weighted by Gasteiger charge is -2.24. The van der Waals surface area contributed by atoms with Gasteiger partial charge in [0.1, 0.15) is 11.5 Å². The van der Waals surface area contributed by atoms with Crippen LogP contribution in [0.15, 0.2) is 29.4 Å². The van der Waals surface area contributed by atoms with Crippen LogP contribution in [0.1, 0.15) is 82.7 Å². The number of rotatable bonds is 7. The molecule has 1 atom stereocenters. The SMILES string of the molecule is CCCCCN1N=C(C(=O)NC2CCCCCC2)CC1c1ccccc1F. The molecule has 0 bridgehead atoms. The zero-order chi connectivity index (χ0) is 19.1. The van der Waals surface area contributed by atoms with Crippen LogP contribution in [0.3, 0.4) is 0 Å². The Balaban J connectivity index is 1.69. The molecule has 1 heterocycles. The van der Waals surface area contributed by atoms with Gasteiger partial charge in [0, 0.05) is 24.6 Å². The molecule has 1 N–H and O–H groups in total.